The van der Waals surface area contributed by atoms with Gasteiger partial charge in [-0.05, 0) is 24.3 Å². The largest absolute Gasteiger partial charge is 0.486 e. The van der Waals surface area contributed by atoms with Crippen molar-refractivity contribution in [2.45, 2.75) is 6.54 Å². The molecule has 0 saturated heterocycles. The molecule has 2 heterocycles. The molecule has 0 aliphatic carbocycles. The molecule has 25 heavy (non-hydrogen) atoms. The highest BCUT2D eigenvalue weighted by molar-refractivity contribution is 5.94. The standard InChI is InChI=1S/C19H16N2O4/c22-18(12-4-2-1-3-5-12)20-11-14-8-13-9-16-17(25-7-6-24-16)10-15(13)21-19(14)23/h1-5,8-10H,6-7,11H2,(H,20,22)(H,21,23). The average Bonchev–Trinajstić information content (AvgIpc) is 2.65. The maximum absolute atomic E-state index is 12.3. The van der Waals surface area contributed by atoms with Crippen LogP contribution in [0, 0.1) is 0 Å². The van der Waals surface area contributed by atoms with Gasteiger partial charge in [0.15, 0.2) is 11.5 Å². The molecule has 2 N–H and O–H groups in total. The van der Waals surface area contributed by atoms with Crippen LogP contribution < -0.4 is 20.3 Å². The normalized spacial score (nSPS) is 12.8. The molecule has 1 aliphatic rings. The number of nitrogens with one attached hydrogen (secondary N) is 2. The third-order valence-corrected chi connectivity index (χ3v) is 4.06. The van der Waals surface area contributed by atoms with E-state index in [2.05, 4.69) is 10.3 Å². The molecule has 0 atom stereocenters. The lowest BCUT2D eigenvalue weighted by Gasteiger charge is -2.18. The number of rotatable bonds is 3. The number of amides is 1. The highest BCUT2D eigenvalue weighted by Crippen LogP contribution is 2.33. The molecule has 4 rings (SSSR count). The van der Waals surface area contributed by atoms with Gasteiger partial charge in [-0.2, -0.15) is 0 Å². The summed E-state index contributed by atoms with van der Waals surface area (Å²) >= 11 is 0. The second kappa shape index (κ2) is 6.32. The van der Waals surface area contributed by atoms with Crippen molar-refractivity contribution in [2.24, 2.45) is 0 Å². The zero-order chi connectivity index (χ0) is 17.2. The van der Waals surface area contributed by atoms with E-state index >= 15 is 0 Å². The van der Waals surface area contributed by atoms with E-state index in [1.54, 1.807) is 36.4 Å². The Bertz CT molecular complexity index is 995. The van der Waals surface area contributed by atoms with E-state index in [1.165, 1.54) is 0 Å². The average molecular weight is 336 g/mol. The zero-order valence-electron chi connectivity index (χ0n) is 13.4. The van der Waals surface area contributed by atoms with Crippen molar-refractivity contribution < 1.29 is 14.3 Å². The number of hydrogen-bond donors (Lipinski definition) is 2. The molecule has 6 heteroatoms. The van der Waals surface area contributed by atoms with Crippen molar-refractivity contribution in [1.29, 1.82) is 0 Å². The van der Waals surface area contributed by atoms with Gasteiger partial charge in [0, 0.05) is 29.1 Å². The molecule has 3 aromatic rings. The Morgan fingerprint density at radius 1 is 1.04 bits per heavy atom. The Balaban J connectivity index is 1.60. The Kier molecular flexibility index (Phi) is 3.85. The first-order valence-corrected chi connectivity index (χ1v) is 7.99. The van der Waals surface area contributed by atoms with E-state index in [4.69, 9.17) is 9.47 Å². The summed E-state index contributed by atoms with van der Waals surface area (Å²) in [5.41, 5.74) is 1.47. The summed E-state index contributed by atoms with van der Waals surface area (Å²) in [7, 11) is 0. The highest BCUT2D eigenvalue weighted by atomic mass is 16.6. The Labute approximate surface area is 143 Å². The molecule has 126 valence electrons. The second-order valence-corrected chi connectivity index (χ2v) is 5.76. The molecular weight excluding hydrogens is 320 g/mol. The van der Waals surface area contributed by atoms with Crippen LogP contribution in [0.2, 0.25) is 0 Å². The molecule has 0 bridgehead atoms. The zero-order valence-corrected chi connectivity index (χ0v) is 13.4. The monoisotopic (exact) mass is 336 g/mol. The van der Waals surface area contributed by atoms with Gasteiger partial charge in [0.05, 0.1) is 5.52 Å². The lowest BCUT2D eigenvalue weighted by molar-refractivity contribution is 0.0951. The smallest absolute Gasteiger partial charge is 0.253 e. The van der Waals surface area contributed by atoms with Gasteiger partial charge in [0.1, 0.15) is 13.2 Å². The number of carbonyl (C=O) groups excluding carboxylic acids is 1. The summed E-state index contributed by atoms with van der Waals surface area (Å²) < 4.78 is 11.1. The molecule has 1 aliphatic heterocycles. The lowest BCUT2D eigenvalue weighted by Crippen LogP contribution is -2.26. The Morgan fingerprint density at radius 2 is 1.76 bits per heavy atom. The summed E-state index contributed by atoms with van der Waals surface area (Å²) in [4.78, 5) is 27.2. The first-order valence-electron chi connectivity index (χ1n) is 7.99. The van der Waals surface area contributed by atoms with Gasteiger partial charge in [-0.15, -0.1) is 0 Å². The molecule has 0 spiro atoms. The van der Waals surface area contributed by atoms with Crippen molar-refractivity contribution in [3.63, 3.8) is 0 Å². The van der Waals surface area contributed by atoms with Crippen molar-refractivity contribution in [1.82, 2.24) is 10.3 Å². The van der Waals surface area contributed by atoms with E-state index in [9.17, 15) is 9.59 Å². The van der Waals surface area contributed by atoms with Crippen LogP contribution in [0.5, 0.6) is 11.5 Å². The fourth-order valence-electron chi connectivity index (χ4n) is 2.79. The summed E-state index contributed by atoms with van der Waals surface area (Å²) in [5.74, 6) is 1.06. The van der Waals surface area contributed by atoms with Gasteiger partial charge in [0.2, 0.25) is 0 Å². The predicted octanol–water partition coefficient (Wildman–Crippen LogP) is 2.23. The SMILES string of the molecule is O=C(NCc1cc2cc3c(cc2[nH]c1=O)OCCO3)c1ccccc1. The van der Waals surface area contributed by atoms with Crippen LogP contribution in [0.4, 0.5) is 0 Å². The summed E-state index contributed by atoms with van der Waals surface area (Å²) in [6.45, 7) is 1.14. The molecular formula is C19H16N2O4. The third-order valence-electron chi connectivity index (χ3n) is 4.06. The van der Waals surface area contributed by atoms with E-state index in [0.29, 0.717) is 41.4 Å². The third kappa shape index (κ3) is 3.06. The van der Waals surface area contributed by atoms with Crippen molar-refractivity contribution in [2.75, 3.05) is 13.2 Å². The molecule has 1 amide bonds. The van der Waals surface area contributed by atoms with Crippen molar-refractivity contribution in [3.05, 3.63) is 70.0 Å². The maximum atomic E-state index is 12.3. The number of hydrogen-bond acceptors (Lipinski definition) is 4. The molecule has 0 unspecified atom stereocenters. The van der Waals surface area contributed by atoms with Gasteiger partial charge >= 0.3 is 0 Å². The number of pyridine rings is 1. The summed E-state index contributed by atoms with van der Waals surface area (Å²) in [6, 6.07) is 14.2. The van der Waals surface area contributed by atoms with Crippen LogP contribution in [0.15, 0.2) is 53.3 Å². The fourth-order valence-corrected chi connectivity index (χ4v) is 2.79. The van der Waals surface area contributed by atoms with Gasteiger partial charge in [-0.25, -0.2) is 0 Å². The number of ether oxygens (including phenoxy) is 2. The van der Waals surface area contributed by atoms with Gasteiger partial charge < -0.3 is 19.8 Å². The number of aromatic nitrogens is 1. The number of fused-ring (bicyclic) bond motifs is 2. The topological polar surface area (TPSA) is 80.4 Å². The molecule has 1 aromatic heterocycles. The van der Waals surface area contributed by atoms with Crippen LogP contribution in [0.25, 0.3) is 10.9 Å². The Morgan fingerprint density at radius 3 is 2.52 bits per heavy atom. The van der Waals surface area contributed by atoms with E-state index in [1.807, 2.05) is 12.1 Å². The van der Waals surface area contributed by atoms with Gasteiger partial charge in [-0.3, -0.25) is 9.59 Å². The summed E-state index contributed by atoms with van der Waals surface area (Å²) in [6.07, 6.45) is 0. The molecule has 0 saturated carbocycles. The second-order valence-electron chi connectivity index (χ2n) is 5.76. The Hall–Kier alpha value is -3.28. The predicted molar refractivity (Wildman–Crippen MR) is 93.2 cm³/mol. The minimum Gasteiger partial charge on any atom is -0.486 e. The molecule has 0 radical (unpaired) electrons. The number of carbonyl (C=O) groups is 1. The molecule has 0 fully saturated rings. The van der Waals surface area contributed by atoms with Crippen LogP contribution in [-0.2, 0) is 6.54 Å². The molecule has 6 nitrogen and oxygen atoms in total. The highest BCUT2D eigenvalue weighted by Gasteiger charge is 2.14. The fraction of sp³-hybridized carbons (Fsp3) is 0.158. The first kappa shape index (κ1) is 15.3. The number of benzene rings is 2. The van der Waals surface area contributed by atoms with Gasteiger partial charge in [0.25, 0.3) is 11.5 Å². The lowest BCUT2D eigenvalue weighted by atomic mass is 10.1. The van der Waals surface area contributed by atoms with Crippen molar-refractivity contribution in [3.8, 4) is 11.5 Å². The quantitative estimate of drug-likeness (QED) is 0.769. The number of aromatic amines is 1. The van der Waals surface area contributed by atoms with E-state index in [0.717, 1.165) is 5.39 Å². The minimum absolute atomic E-state index is 0.146. The summed E-state index contributed by atoms with van der Waals surface area (Å²) in [5, 5.41) is 3.59. The van der Waals surface area contributed by atoms with Gasteiger partial charge in [-0.1, -0.05) is 18.2 Å². The van der Waals surface area contributed by atoms with Crippen LogP contribution in [0.3, 0.4) is 0 Å². The number of H-pyrrole nitrogens is 1. The molecule has 2 aromatic carbocycles. The van der Waals surface area contributed by atoms with E-state index < -0.39 is 0 Å². The van der Waals surface area contributed by atoms with Crippen LogP contribution >= 0.6 is 0 Å². The van der Waals surface area contributed by atoms with Crippen LogP contribution in [0.1, 0.15) is 15.9 Å². The minimum atomic E-state index is -0.238. The van der Waals surface area contributed by atoms with Crippen molar-refractivity contribution >= 4 is 16.8 Å². The first-order chi connectivity index (χ1) is 12.2. The van der Waals surface area contributed by atoms with E-state index in [-0.39, 0.29) is 18.0 Å². The van der Waals surface area contributed by atoms with Crippen LogP contribution in [-0.4, -0.2) is 24.1 Å². The maximum Gasteiger partial charge on any atom is 0.253 e.